The van der Waals surface area contributed by atoms with E-state index in [4.69, 9.17) is 22.7 Å². The standard InChI is InChI=1S/C29H35F3N7O8PS/c1-9-33-25(40)37-21-11-18(24-36-20(14-49-24)29(30,31)32)19(13-34-21)17-10-16(12-35-23(17)43-8)22-38-39(26(41)45-22)15-44-48(42,46-27(2,3)4)47-28(5,6)7/h10-14H,9,15H2,1-8H3,(H2,33,34,37,40). The Balaban J connectivity index is 1.75. The number of thiazole rings is 1. The van der Waals surface area contributed by atoms with Gasteiger partial charge in [-0.3, -0.25) is 18.9 Å². The van der Waals surface area contributed by atoms with Crippen LogP contribution in [0.1, 0.15) is 54.2 Å². The number of rotatable bonds is 11. The summed E-state index contributed by atoms with van der Waals surface area (Å²) >= 11 is 0.728. The Bertz CT molecular complexity index is 1890. The van der Waals surface area contributed by atoms with Crippen molar-refractivity contribution in [2.75, 3.05) is 19.0 Å². The van der Waals surface area contributed by atoms with Gasteiger partial charge in [0, 0.05) is 41.0 Å². The third-order valence-electron chi connectivity index (χ3n) is 5.81. The second-order valence-corrected chi connectivity index (χ2v) is 14.6. The lowest BCUT2D eigenvalue weighted by atomic mass is 10.0. The fourth-order valence-electron chi connectivity index (χ4n) is 4.06. The molecule has 20 heteroatoms. The molecule has 0 aromatic carbocycles. The highest BCUT2D eigenvalue weighted by atomic mass is 32.1. The van der Waals surface area contributed by atoms with Crippen LogP contribution in [0.25, 0.3) is 33.2 Å². The number of urea groups is 1. The molecule has 0 fully saturated rings. The van der Waals surface area contributed by atoms with E-state index >= 15 is 0 Å². The highest BCUT2D eigenvalue weighted by molar-refractivity contribution is 7.48. The summed E-state index contributed by atoms with van der Waals surface area (Å²) in [5, 5.41) is 10.0. The van der Waals surface area contributed by atoms with Crippen LogP contribution in [0.4, 0.5) is 23.8 Å². The lowest BCUT2D eigenvalue weighted by molar-refractivity contribution is -0.140. The summed E-state index contributed by atoms with van der Waals surface area (Å²) in [5.74, 6) is -1.14. The van der Waals surface area contributed by atoms with Gasteiger partial charge in [0.2, 0.25) is 5.88 Å². The fourth-order valence-corrected chi connectivity index (χ4v) is 6.65. The number of nitrogens with one attached hydrogen (secondary N) is 2. The number of phosphoric acid groups is 1. The smallest absolute Gasteiger partial charge is 0.477 e. The highest BCUT2D eigenvalue weighted by Crippen LogP contribution is 2.55. The number of aromatic nitrogens is 5. The second-order valence-electron chi connectivity index (χ2n) is 12.2. The molecule has 49 heavy (non-hydrogen) atoms. The van der Waals surface area contributed by atoms with Crippen LogP contribution in [0.15, 0.2) is 39.1 Å². The summed E-state index contributed by atoms with van der Waals surface area (Å²) in [7, 11) is -2.88. The Morgan fingerprint density at radius 1 is 1.02 bits per heavy atom. The van der Waals surface area contributed by atoms with Gasteiger partial charge >= 0.3 is 25.8 Å². The lowest BCUT2D eigenvalue weighted by Crippen LogP contribution is -2.28. The molecule has 0 aliphatic carbocycles. The van der Waals surface area contributed by atoms with Gasteiger partial charge in [-0.2, -0.15) is 17.9 Å². The van der Waals surface area contributed by atoms with Crippen molar-refractivity contribution in [2.45, 2.75) is 72.6 Å². The molecule has 0 aliphatic heterocycles. The number of anilines is 1. The Morgan fingerprint density at radius 2 is 1.69 bits per heavy atom. The van der Waals surface area contributed by atoms with E-state index in [0.717, 1.165) is 21.4 Å². The van der Waals surface area contributed by atoms with E-state index in [-0.39, 0.29) is 44.9 Å². The molecule has 4 heterocycles. The number of carbonyl (C=O) groups excluding carboxylic acids is 1. The Kier molecular flexibility index (Phi) is 11.0. The van der Waals surface area contributed by atoms with E-state index in [0.29, 0.717) is 6.54 Å². The summed E-state index contributed by atoms with van der Waals surface area (Å²) < 4.78 is 82.0. The quantitative estimate of drug-likeness (QED) is 0.152. The minimum Gasteiger partial charge on any atom is -0.481 e. The number of carbonyl (C=O) groups is 1. The molecule has 266 valence electrons. The van der Waals surface area contributed by atoms with Gasteiger partial charge in [0.25, 0.3) is 5.89 Å². The largest absolute Gasteiger partial charge is 0.481 e. The molecule has 2 amide bonds. The molecule has 0 atom stereocenters. The summed E-state index contributed by atoms with van der Waals surface area (Å²) in [6, 6.07) is 2.25. The van der Waals surface area contributed by atoms with Crippen molar-refractivity contribution in [3.8, 4) is 39.0 Å². The number of alkyl halides is 3. The minimum atomic E-state index is -4.70. The van der Waals surface area contributed by atoms with E-state index < -0.39 is 49.4 Å². The third-order valence-corrected chi connectivity index (χ3v) is 8.66. The summed E-state index contributed by atoms with van der Waals surface area (Å²) in [5.41, 5.74) is -2.21. The predicted octanol–water partition coefficient (Wildman–Crippen LogP) is 6.97. The van der Waals surface area contributed by atoms with Crippen LogP contribution in [0.3, 0.4) is 0 Å². The Hall–Kier alpha value is -4.16. The van der Waals surface area contributed by atoms with Crippen molar-refractivity contribution >= 4 is 31.0 Å². The van der Waals surface area contributed by atoms with Crippen molar-refractivity contribution in [3.05, 3.63) is 46.2 Å². The monoisotopic (exact) mass is 729 g/mol. The number of pyridine rings is 2. The molecule has 15 nitrogen and oxygen atoms in total. The van der Waals surface area contributed by atoms with Crippen LogP contribution in [0.2, 0.25) is 0 Å². The number of methoxy groups -OCH3 is 1. The number of ether oxygens (including phenoxy) is 1. The zero-order chi connectivity index (χ0) is 36.4. The number of phosphoric ester groups is 1. The zero-order valence-electron chi connectivity index (χ0n) is 27.8. The van der Waals surface area contributed by atoms with E-state index in [2.05, 4.69) is 30.7 Å². The molecule has 0 aliphatic rings. The first-order valence-electron chi connectivity index (χ1n) is 14.6. The SMILES string of the molecule is CCNC(=O)Nc1cc(-c2nc(C(F)(F)F)cs2)c(-c2cc(-c3nn(COP(=O)(OC(C)(C)C)OC(C)(C)C)c(=O)o3)cnc2OC)cn1. The maximum absolute atomic E-state index is 13.5. The summed E-state index contributed by atoms with van der Waals surface area (Å²) in [6.07, 6.45) is -2.10. The molecule has 0 saturated heterocycles. The van der Waals surface area contributed by atoms with Crippen LogP contribution in [0, 0.1) is 0 Å². The van der Waals surface area contributed by atoms with Crippen molar-refractivity contribution in [3.63, 3.8) is 0 Å². The average Bonchev–Trinajstić information content (AvgIpc) is 3.61. The molecule has 0 spiro atoms. The molecule has 0 saturated carbocycles. The van der Waals surface area contributed by atoms with Gasteiger partial charge in [-0.05, 0) is 60.6 Å². The van der Waals surface area contributed by atoms with E-state index in [9.17, 15) is 27.3 Å². The van der Waals surface area contributed by atoms with Crippen LogP contribution in [-0.2, 0) is 31.0 Å². The third kappa shape index (κ3) is 9.95. The van der Waals surface area contributed by atoms with Crippen LogP contribution >= 0.6 is 19.2 Å². The van der Waals surface area contributed by atoms with Gasteiger partial charge in [-0.25, -0.2) is 29.1 Å². The molecule has 4 aromatic rings. The Morgan fingerprint density at radius 3 is 2.27 bits per heavy atom. The number of amides is 2. The van der Waals surface area contributed by atoms with E-state index in [1.807, 2.05) is 0 Å². The van der Waals surface area contributed by atoms with Crippen molar-refractivity contribution in [1.82, 2.24) is 30.0 Å². The van der Waals surface area contributed by atoms with Crippen LogP contribution in [-0.4, -0.2) is 55.6 Å². The molecule has 4 aromatic heterocycles. The minimum absolute atomic E-state index is 0.0319. The normalized spacial score (nSPS) is 12.6. The zero-order valence-corrected chi connectivity index (χ0v) is 29.5. The predicted molar refractivity (Wildman–Crippen MR) is 173 cm³/mol. The van der Waals surface area contributed by atoms with Gasteiger partial charge in [0.05, 0.1) is 23.9 Å². The second kappa shape index (κ2) is 14.4. The number of hydrogen-bond donors (Lipinski definition) is 2. The van der Waals surface area contributed by atoms with Gasteiger partial charge in [0.15, 0.2) is 12.4 Å². The fraction of sp³-hybridized carbons (Fsp3) is 0.448. The molecule has 0 unspecified atom stereocenters. The van der Waals surface area contributed by atoms with E-state index in [1.165, 1.54) is 31.6 Å². The van der Waals surface area contributed by atoms with Crippen molar-refractivity contribution in [1.29, 1.82) is 0 Å². The van der Waals surface area contributed by atoms with Crippen LogP contribution < -0.4 is 21.1 Å². The van der Waals surface area contributed by atoms with Gasteiger partial charge < -0.3 is 14.5 Å². The van der Waals surface area contributed by atoms with Gasteiger partial charge in [0.1, 0.15) is 10.8 Å². The lowest BCUT2D eigenvalue weighted by Gasteiger charge is -2.30. The maximum Gasteiger partial charge on any atom is 0.477 e. The van der Waals surface area contributed by atoms with Crippen LogP contribution in [0.5, 0.6) is 5.88 Å². The first kappa shape index (κ1) is 37.7. The first-order valence-corrected chi connectivity index (χ1v) is 16.9. The van der Waals surface area contributed by atoms with Crippen molar-refractivity contribution in [2.24, 2.45) is 0 Å². The van der Waals surface area contributed by atoms with Gasteiger partial charge in [-0.15, -0.1) is 16.4 Å². The molecule has 4 rings (SSSR count). The van der Waals surface area contributed by atoms with Crippen molar-refractivity contribution < 1.29 is 45.3 Å². The molecule has 0 bridgehead atoms. The average molecular weight is 730 g/mol. The molecule has 2 N–H and O–H groups in total. The number of nitrogens with zero attached hydrogens (tertiary/aromatic N) is 5. The molecular weight excluding hydrogens is 694 g/mol. The summed E-state index contributed by atoms with van der Waals surface area (Å²) in [6.45, 7) is 11.3. The molecular formula is C29H35F3N7O8PS. The maximum atomic E-state index is 13.5. The van der Waals surface area contributed by atoms with E-state index in [1.54, 1.807) is 48.5 Å². The van der Waals surface area contributed by atoms with Gasteiger partial charge in [-0.1, -0.05) is 0 Å². The number of halogens is 3. The summed E-state index contributed by atoms with van der Waals surface area (Å²) in [4.78, 5) is 37.2. The Labute approximate surface area is 282 Å². The highest BCUT2D eigenvalue weighted by Gasteiger charge is 2.38. The number of hydrogen-bond acceptors (Lipinski definition) is 13. The molecule has 0 radical (unpaired) electrons. The topological polar surface area (TPSA) is 182 Å². The first-order chi connectivity index (χ1) is 22.7.